The average molecular weight is 407 g/mol. The van der Waals surface area contributed by atoms with Gasteiger partial charge in [0, 0.05) is 30.2 Å². The zero-order valence-corrected chi connectivity index (χ0v) is 16.8. The van der Waals surface area contributed by atoms with E-state index in [1.54, 1.807) is 31.2 Å². The Balaban J connectivity index is 1.79. The second-order valence-corrected chi connectivity index (χ2v) is 9.13. The van der Waals surface area contributed by atoms with Crippen LogP contribution in [-0.2, 0) is 16.6 Å². The van der Waals surface area contributed by atoms with Crippen LogP contribution < -0.4 is 5.32 Å². The summed E-state index contributed by atoms with van der Waals surface area (Å²) >= 11 is 5.96. The molecule has 0 spiro atoms. The van der Waals surface area contributed by atoms with E-state index in [1.807, 2.05) is 12.1 Å². The van der Waals surface area contributed by atoms with Gasteiger partial charge in [0.05, 0.1) is 4.90 Å². The van der Waals surface area contributed by atoms with Gasteiger partial charge in [-0.25, -0.2) is 8.42 Å². The number of carbonyl (C=O) groups is 1. The first-order valence-corrected chi connectivity index (χ1v) is 10.8. The minimum absolute atomic E-state index is 0.169. The molecule has 0 unspecified atom stereocenters. The van der Waals surface area contributed by atoms with Crippen molar-refractivity contribution in [3.8, 4) is 0 Å². The molecule has 0 atom stereocenters. The van der Waals surface area contributed by atoms with E-state index in [2.05, 4.69) is 5.32 Å². The van der Waals surface area contributed by atoms with Crippen LogP contribution in [-0.4, -0.2) is 31.7 Å². The third-order valence-electron chi connectivity index (χ3n) is 4.75. The van der Waals surface area contributed by atoms with Crippen molar-refractivity contribution in [2.24, 2.45) is 0 Å². The first-order valence-electron chi connectivity index (χ1n) is 9.01. The molecule has 0 bridgehead atoms. The molecule has 0 aliphatic carbocycles. The fraction of sp³-hybridized carbons (Fsp3) is 0.350. The summed E-state index contributed by atoms with van der Waals surface area (Å²) in [6.45, 7) is 3.19. The number of sulfonamides is 1. The Morgan fingerprint density at radius 2 is 1.85 bits per heavy atom. The van der Waals surface area contributed by atoms with Gasteiger partial charge in [0.25, 0.3) is 5.91 Å². The Morgan fingerprint density at radius 3 is 2.56 bits per heavy atom. The molecular formula is C20H23ClN2O3S. The molecule has 7 heteroatoms. The van der Waals surface area contributed by atoms with Crippen molar-refractivity contribution in [1.29, 1.82) is 0 Å². The average Bonchev–Trinajstić information content (AvgIpc) is 2.67. The maximum atomic E-state index is 12.9. The molecule has 1 aliphatic rings. The maximum Gasteiger partial charge on any atom is 0.251 e. The summed E-state index contributed by atoms with van der Waals surface area (Å²) in [5.74, 6) is -0.303. The monoisotopic (exact) mass is 406 g/mol. The molecule has 0 aromatic heterocycles. The molecule has 1 amide bonds. The number of aryl methyl sites for hydroxylation is 1. The van der Waals surface area contributed by atoms with Crippen LogP contribution in [0.3, 0.4) is 0 Å². The van der Waals surface area contributed by atoms with Crippen LogP contribution in [0.2, 0.25) is 5.02 Å². The van der Waals surface area contributed by atoms with Gasteiger partial charge in [0.1, 0.15) is 0 Å². The second-order valence-electron chi connectivity index (χ2n) is 6.75. The molecular weight excluding hydrogens is 384 g/mol. The van der Waals surface area contributed by atoms with Gasteiger partial charge in [-0.3, -0.25) is 4.79 Å². The Morgan fingerprint density at radius 1 is 1.11 bits per heavy atom. The van der Waals surface area contributed by atoms with Crippen LogP contribution in [0.5, 0.6) is 0 Å². The van der Waals surface area contributed by atoms with Crippen molar-refractivity contribution in [3.63, 3.8) is 0 Å². The first-order chi connectivity index (χ1) is 12.9. The lowest BCUT2D eigenvalue weighted by Crippen LogP contribution is -2.35. The fourth-order valence-corrected chi connectivity index (χ4v) is 4.94. The minimum atomic E-state index is -3.57. The van der Waals surface area contributed by atoms with Crippen molar-refractivity contribution >= 4 is 27.5 Å². The highest BCUT2D eigenvalue weighted by Gasteiger charge is 2.27. The Kier molecular flexibility index (Phi) is 6.19. The predicted octanol–water partition coefficient (Wildman–Crippen LogP) is 3.75. The largest absolute Gasteiger partial charge is 0.348 e. The molecule has 27 heavy (non-hydrogen) atoms. The summed E-state index contributed by atoms with van der Waals surface area (Å²) in [5.41, 5.74) is 1.98. The van der Waals surface area contributed by atoms with E-state index in [0.29, 0.717) is 30.2 Å². The van der Waals surface area contributed by atoms with E-state index < -0.39 is 10.0 Å². The molecule has 1 saturated heterocycles. The minimum Gasteiger partial charge on any atom is -0.348 e. The molecule has 1 N–H and O–H groups in total. The molecule has 2 aromatic rings. The van der Waals surface area contributed by atoms with Crippen LogP contribution in [0.1, 0.15) is 40.7 Å². The van der Waals surface area contributed by atoms with Crippen LogP contribution in [0.25, 0.3) is 0 Å². The van der Waals surface area contributed by atoms with Gasteiger partial charge >= 0.3 is 0 Å². The van der Waals surface area contributed by atoms with E-state index in [1.165, 1.54) is 10.4 Å². The first kappa shape index (κ1) is 19.9. The molecule has 0 saturated carbocycles. The quantitative estimate of drug-likeness (QED) is 0.822. The summed E-state index contributed by atoms with van der Waals surface area (Å²) in [4.78, 5) is 12.8. The lowest BCUT2D eigenvalue weighted by Gasteiger charge is -2.26. The smallest absolute Gasteiger partial charge is 0.251 e. The number of hydrogen-bond acceptors (Lipinski definition) is 3. The van der Waals surface area contributed by atoms with Crippen molar-refractivity contribution < 1.29 is 13.2 Å². The van der Waals surface area contributed by atoms with Crippen LogP contribution in [0.4, 0.5) is 0 Å². The third kappa shape index (κ3) is 4.69. The molecule has 3 rings (SSSR count). The normalized spacial score (nSPS) is 15.5. The van der Waals surface area contributed by atoms with Crippen molar-refractivity contribution in [2.45, 2.75) is 37.6 Å². The highest BCUT2D eigenvalue weighted by atomic mass is 35.5. The van der Waals surface area contributed by atoms with Crippen molar-refractivity contribution in [1.82, 2.24) is 9.62 Å². The SMILES string of the molecule is Cc1ccc(S(=O)(=O)N2CCCCC2)cc1C(=O)NCc1cccc(Cl)c1. The number of rotatable bonds is 5. The van der Waals surface area contributed by atoms with Gasteiger partial charge in [-0.2, -0.15) is 4.31 Å². The molecule has 1 fully saturated rings. The van der Waals surface area contributed by atoms with Crippen molar-refractivity contribution in [2.75, 3.05) is 13.1 Å². The summed E-state index contributed by atoms with van der Waals surface area (Å²) in [7, 11) is -3.57. The Labute approximate surface area is 165 Å². The molecule has 2 aromatic carbocycles. The van der Waals surface area contributed by atoms with Crippen LogP contribution in [0.15, 0.2) is 47.4 Å². The van der Waals surface area contributed by atoms with Gasteiger partial charge in [-0.1, -0.05) is 36.2 Å². The zero-order chi connectivity index (χ0) is 19.4. The van der Waals surface area contributed by atoms with Gasteiger partial charge in [-0.15, -0.1) is 0 Å². The van der Waals surface area contributed by atoms with Crippen LogP contribution >= 0.6 is 11.6 Å². The van der Waals surface area contributed by atoms with Gasteiger partial charge in [0.2, 0.25) is 10.0 Å². The highest BCUT2D eigenvalue weighted by molar-refractivity contribution is 7.89. The number of nitrogens with zero attached hydrogens (tertiary/aromatic N) is 1. The topological polar surface area (TPSA) is 66.5 Å². The second kappa shape index (κ2) is 8.42. The number of amides is 1. The summed E-state index contributed by atoms with van der Waals surface area (Å²) in [6, 6.07) is 12.0. The van der Waals surface area contributed by atoms with Gasteiger partial charge < -0.3 is 5.32 Å². The number of hydrogen-bond donors (Lipinski definition) is 1. The highest BCUT2D eigenvalue weighted by Crippen LogP contribution is 2.23. The van der Waals surface area contributed by atoms with E-state index in [9.17, 15) is 13.2 Å². The summed E-state index contributed by atoms with van der Waals surface area (Å²) < 4.78 is 27.2. The molecule has 144 valence electrons. The number of piperidine rings is 1. The van der Waals surface area contributed by atoms with Gasteiger partial charge in [-0.05, 0) is 55.2 Å². The summed E-state index contributed by atoms with van der Waals surface area (Å²) in [6.07, 6.45) is 2.80. The number of halogens is 1. The van der Waals surface area contributed by atoms with E-state index in [0.717, 1.165) is 30.4 Å². The molecule has 0 radical (unpaired) electrons. The zero-order valence-electron chi connectivity index (χ0n) is 15.2. The van der Waals surface area contributed by atoms with E-state index >= 15 is 0 Å². The lowest BCUT2D eigenvalue weighted by atomic mass is 10.1. The number of carbonyl (C=O) groups excluding carboxylic acids is 1. The molecule has 1 heterocycles. The molecule has 5 nitrogen and oxygen atoms in total. The van der Waals surface area contributed by atoms with Gasteiger partial charge in [0.15, 0.2) is 0 Å². The van der Waals surface area contributed by atoms with Crippen molar-refractivity contribution in [3.05, 3.63) is 64.2 Å². The number of benzene rings is 2. The maximum absolute atomic E-state index is 12.9. The van der Waals surface area contributed by atoms with E-state index in [4.69, 9.17) is 11.6 Å². The Bertz CT molecular complexity index is 938. The lowest BCUT2D eigenvalue weighted by molar-refractivity contribution is 0.0950. The third-order valence-corrected chi connectivity index (χ3v) is 6.88. The standard InChI is InChI=1S/C20H23ClN2O3S/c1-15-8-9-18(27(25,26)23-10-3-2-4-11-23)13-19(15)20(24)22-14-16-6-5-7-17(21)12-16/h5-9,12-13H,2-4,10-11,14H2,1H3,(H,22,24). The fourth-order valence-electron chi connectivity index (χ4n) is 3.19. The van der Waals surface area contributed by atoms with Crippen LogP contribution in [0, 0.1) is 6.92 Å². The predicted molar refractivity (Wildman–Crippen MR) is 106 cm³/mol. The number of nitrogens with one attached hydrogen (secondary N) is 1. The molecule has 1 aliphatic heterocycles. The Hall–Kier alpha value is -1.89. The van der Waals surface area contributed by atoms with E-state index in [-0.39, 0.29) is 10.8 Å². The summed E-state index contributed by atoms with van der Waals surface area (Å²) in [5, 5.41) is 3.44.